The minimum absolute atomic E-state index is 0.163. The lowest BCUT2D eigenvalue weighted by atomic mass is 9.85. The molecule has 0 fully saturated rings. The highest BCUT2D eigenvalue weighted by atomic mass is 35.5. The molecule has 1 aromatic carbocycles. The first-order valence-electron chi connectivity index (χ1n) is 6.88. The SMILES string of the molecule is CCc1cc(C)cc(C(n2cc(Cl)cn2)(C(F)(F)F)C(F)(F)F)c1. The van der Waals surface area contributed by atoms with E-state index in [4.69, 9.17) is 11.6 Å². The lowest BCUT2D eigenvalue weighted by molar-refractivity contribution is -0.316. The quantitative estimate of drug-likeness (QED) is 0.672. The number of aryl methyl sites for hydroxylation is 2. The molecule has 0 bridgehead atoms. The van der Waals surface area contributed by atoms with E-state index in [1.54, 1.807) is 6.92 Å². The van der Waals surface area contributed by atoms with E-state index in [0.717, 1.165) is 18.3 Å². The van der Waals surface area contributed by atoms with Gasteiger partial charge in [0.2, 0.25) is 0 Å². The van der Waals surface area contributed by atoms with Crippen LogP contribution in [-0.4, -0.2) is 22.1 Å². The fraction of sp³-hybridized carbons (Fsp3) is 0.400. The first-order valence-corrected chi connectivity index (χ1v) is 7.26. The average Bonchev–Trinajstić information content (AvgIpc) is 2.82. The predicted molar refractivity (Wildman–Crippen MR) is 77.0 cm³/mol. The molecule has 1 heterocycles. The van der Waals surface area contributed by atoms with Gasteiger partial charge in [-0.25, -0.2) is 4.68 Å². The number of alkyl halides is 6. The molecule has 132 valence electrons. The lowest BCUT2D eigenvalue weighted by Crippen LogP contribution is -2.59. The maximum absolute atomic E-state index is 13.8. The van der Waals surface area contributed by atoms with Gasteiger partial charge in [-0.1, -0.05) is 42.3 Å². The van der Waals surface area contributed by atoms with Crippen molar-refractivity contribution < 1.29 is 26.3 Å². The van der Waals surface area contributed by atoms with Crippen LogP contribution >= 0.6 is 11.6 Å². The third-order valence-corrected chi connectivity index (χ3v) is 3.87. The Kier molecular flexibility index (Phi) is 4.65. The van der Waals surface area contributed by atoms with Crippen molar-refractivity contribution in [3.8, 4) is 0 Å². The highest BCUT2D eigenvalue weighted by molar-refractivity contribution is 6.30. The molecule has 0 saturated heterocycles. The van der Waals surface area contributed by atoms with E-state index in [1.165, 1.54) is 13.0 Å². The van der Waals surface area contributed by atoms with Crippen LogP contribution in [0.1, 0.15) is 23.6 Å². The number of halogens is 7. The summed E-state index contributed by atoms with van der Waals surface area (Å²) in [7, 11) is 0. The minimum atomic E-state index is -5.68. The van der Waals surface area contributed by atoms with Gasteiger partial charge >= 0.3 is 12.4 Å². The number of hydrogen-bond acceptors (Lipinski definition) is 1. The van der Waals surface area contributed by atoms with Crippen molar-refractivity contribution in [1.29, 1.82) is 0 Å². The molecule has 2 nitrogen and oxygen atoms in total. The van der Waals surface area contributed by atoms with Gasteiger partial charge in [-0.3, -0.25) is 0 Å². The Morgan fingerprint density at radius 2 is 1.62 bits per heavy atom. The van der Waals surface area contributed by atoms with Gasteiger partial charge < -0.3 is 0 Å². The van der Waals surface area contributed by atoms with E-state index >= 15 is 0 Å². The van der Waals surface area contributed by atoms with E-state index in [0.29, 0.717) is 23.7 Å². The number of aromatic nitrogens is 2. The van der Waals surface area contributed by atoms with Crippen molar-refractivity contribution in [3.05, 3.63) is 52.3 Å². The van der Waals surface area contributed by atoms with Gasteiger partial charge in [-0.2, -0.15) is 31.4 Å². The predicted octanol–water partition coefficient (Wildman–Crippen LogP) is 5.28. The van der Waals surface area contributed by atoms with Crippen LogP contribution in [0.5, 0.6) is 0 Å². The molecular weight excluding hydrogens is 358 g/mol. The van der Waals surface area contributed by atoms with E-state index < -0.39 is 23.5 Å². The largest absolute Gasteiger partial charge is 0.426 e. The smallest absolute Gasteiger partial charge is 0.243 e. The van der Waals surface area contributed by atoms with Gasteiger partial charge in [0.05, 0.1) is 11.2 Å². The summed E-state index contributed by atoms with van der Waals surface area (Å²) < 4.78 is 82.6. The first-order chi connectivity index (χ1) is 10.9. The molecule has 0 aliphatic rings. The van der Waals surface area contributed by atoms with Crippen LogP contribution in [0.25, 0.3) is 0 Å². The van der Waals surface area contributed by atoms with Crippen LogP contribution in [0.3, 0.4) is 0 Å². The van der Waals surface area contributed by atoms with Crippen molar-refractivity contribution in [3.63, 3.8) is 0 Å². The Balaban J connectivity index is 2.93. The topological polar surface area (TPSA) is 17.8 Å². The Hall–Kier alpha value is -1.70. The first kappa shape index (κ1) is 18.6. The Labute approximate surface area is 139 Å². The minimum Gasteiger partial charge on any atom is -0.243 e. The van der Waals surface area contributed by atoms with Crippen LogP contribution < -0.4 is 0 Å². The lowest BCUT2D eigenvalue weighted by Gasteiger charge is -2.38. The van der Waals surface area contributed by atoms with Crippen LogP contribution in [0.4, 0.5) is 26.3 Å². The molecule has 0 atom stereocenters. The average molecular weight is 371 g/mol. The monoisotopic (exact) mass is 370 g/mol. The highest BCUT2D eigenvalue weighted by Gasteiger charge is 2.74. The Morgan fingerprint density at radius 1 is 1.04 bits per heavy atom. The summed E-state index contributed by atoms with van der Waals surface area (Å²) in [5.74, 6) is 0. The molecule has 0 N–H and O–H groups in total. The van der Waals surface area contributed by atoms with Crippen molar-refractivity contribution in [1.82, 2.24) is 9.78 Å². The summed E-state index contributed by atoms with van der Waals surface area (Å²) in [4.78, 5) is 0. The van der Waals surface area contributed by atoms with E-state index in [-0.39, 0.29) is 9.70 Å². The van der Waals surface area contributed by atoms with Gasteiger partial charge in [0.15, 0.2) is 0 Å². The molecule has 0 aliphatic carbocycles. The van der Waals surface area contributed by atoms with Crippen LogP contribution in [0.2, 0.25) is 5.02 Å². The van der Waals surface area contributed by atoms with Crippen molar-refractivity contribution in [2.45, 2.75) is 38.2 Å². The molecule has 0 saturated carbocycles. The van der Waals surface area contributed by atoms with Gasteiger partial charge in [0, 0.05) is 6.20 Å². The zero-order valence-electron chi connectivity index (χ0n) is 12.6. The normalized spacial score (nSPS) is 13.4. The molecule has 0 radical (unpaired) electrons. The number of rotatable bonds is 3. The Morgan fingerprint density at radius 3 is 2.04 bits per heavy atom. The van der Waals surface area contributed by atoms with Gasteiger partial charge in [0.1, 0.15) is 0 Å². The fourth-order valence-electron chi connectivity index (χ4n) is 2.64. The van der Waals surface area contributed by atoms with Crippen LogP contribution in [-0.2, 0) is 12.0 Å². The molecular formula is C15H13ClF6N2. The zero-order chi connectivity index (χ0) is 18.3. The van der Waals surface area contributed by atoms with E-state index in [1.807, 2.05) is 0 Å². The summed E-state index contributed by atoms with van der Waals surface area (Å²) in [6.45, 7) is 3.09. The van der Waals surface area contributed by atoms with Crippen LogP contribution in [0, 0.1) is 6.92 Å². The molecule has 24 heavy (non-hydrogen) atoms. The number of benzene rings is 1. The Bertz CT molecular complexity index is 718. The molecule has 1 aromatic heterocycles. The summed E-state index contributed by atoms with van der Waals surface area (Å²) in [6.07, 6.45) is -9.81. The molecule has 2 aromatic rings. The molecule has 2 rings (SSSR count). The fourth-order valence-corrected chi connectivity index (χ4v) is 2.78. The van der Waals surface area contributed by atoms with Gasteiger partial charge in [-0.05, 0) is 24.5 Å². The zero-order valence-corrected chi connectivity index (χ0v) is 13.4. The molecule has 0 unspecified atom stereocenters. The van der Waals surface area contributed by atoms with E-state index in [2.05, 4.69) is 5.10 Å². The second kappa shape index (κ2) is 5.98. The summed E-state index contributed by atoms with van der Waals surface area (Å²) in [6, 6.07) is 3.32. The van der Waals surface area contributed by atoms with Gasteiger partial charge in [-0.15, -0.1) is 0 Å². The van der Waals surface area contributed by atoms with Crippen LogP contribution in [0.15, 0.2) is 30.6 Å². The summed E-state index contributed by atoms with van der Waals surface area (Å²) in [5, 5.41) is 2.90. The van der Waals surface area contributed by atoms with E-state index in [9.17, 15) is 26.3 Å². The highest BCUT2D eigenvalue weighted by Crippen LogP contribution is 2.53. The maximum Gasteiger partial charge on any atom is 0.426 e. The number of nitrogens with zero attached hydrogens (tertiary/aromatic N) is 2. The molecule has 9 heteroatoms. The molecule has 0 aliphatic heterocycles. The third kappa shape index (κ3) is 2.87. The second-order valence-electron chi connectivity index (χ2n) is 5.37. The maximum atomic E-state index is 13.8. The van der Waals surface area contributed by atoms with Crippen molar-refractivity contribution in [2.75, 3.05) is 0 Å². The van der Waals surface area contributed by atoms with Gasteiger partial charge in [0.25, 0.3) is 5.54 Å². The number of hydrogen-bond donors (Lipinski definition) is 0. The van der Waals surface area contributed by atoms with Crippen molar-refractivity contribution >= 4 is 11.6 Å². The van der Waals surface area contributed by atoms with Crippen molar-refractivity contribution in [2.24, 2.45) is 0 Å². The second-order valence-corrected chi connectivity index (χ2v) is 5.81. The standard InChI is InChI=1S/C15H13ClF6N2/c1-3-10-4-9(2)5-11(6-10)13(14(17,18)19,15(20,21)22)24-8-12(16)7-23-24/h4-8H,3H2,1-2H3. The summed E-state index contributed by atoms with van der Waals surface area (Å²) >= 11 is 5.53. The molecule has 0 amide bonds. The molecule has 0 spiro atoms. The third-order valence-electron chi connectivity index (χ3n) is 3.68. The summed E-state index contributed by atoms with van der Waals surface area (Å²) in [5.41, 5.74) is -4.61.